The van der Waals surface area contributed by atoms with Gasteiger partial charge in [-0.1, -0.05) is 42.5 Å². The number of alkyl halides is 3. The van der Waals surface area contributed by atoms with Gasteiger partial charge in [-0.25, -0.2) is 33.3 Å². The average molecular weight is 642 g/mol. The van der Waals surface area contributed by atoms with E-state index in [2.05, 4.69) is 0 Å². The van der Waals surface area contributed by atoms with Crippen molar-refractivity contribution in [2.45, 2.75) is 30.7 Å². The number of benzene rings is 3. The molecule has 4 atom stereocenters. The standard InChI is InChI=1S/C30H22F3N3O10/c31-30(32,33)19-13-7-12-18(14-19)26(39)46-22-21(45-25(38)17-10-5-2-6-11-17)20(15-43-24(37)16-8-3-1-4-9-16)44-23(22)36-28(41)34-27(40)35-29(36)42/h1-14,20-23H,15H2,(H2,34,35,40,41,42)/t20-,21-,22-,23-/m1/s1. The summed E-state index contributed by atoms with van der Waals surface area (Å²) in [5, 5.41) is 0. The highest BCUT2D eigenvalue weighted by molar-refractivity contribution is 5.91. The van der Waals surface area contributed by atoms with Gasteiger partial charge in [-0.15, -0.1) is 0 Å². The number of ether oxygens (including phenoxy) is 4. The monoisotopic (exact) mass is 641 g/mol. The van der Waals surface area contributed by atoms with Crippen LogP contribution in [0.25, 0.3) is 0 Å². The molecular formula is C30H22F3N3O10. The van der Waals surface area contributed by atoms with E-state index in [0.29, 0.717) is 10.6 Å². The first-order valence-corrected chi connectivity index (χ1v) is 13.4. The van der Waals surface area contributed by atoms with Gasteiger partial charge in [0.2, 0.25) is 0 Å². The predicted octanol–water partition coefficient (Wildman–Crippen LogP) is 2.45. The van der Waals surface area contributed by atoms with Gasteiger partial charge < -0.3 is 18.9 Å². The van der Waals surface area contributed by atoms with Crippen molar-refractivity contribution in [2.24, 2.45) is 0 Å². The number of aromatic nitrogens is 3. The minimum Gasteiger partial charge on any atom is -0.459 e. The fourth-order valence-electron chi connectivity index (χ4n) is 4.58. The molecule has 0 unspecified atom stereocenters. The molecule has 1 aliphatic rings. The number of carbonyl (C=O) groups is 3. The van der Waals surface area contributed by atoms with Crippen LogP contribution in [0.5, 0.6) is 0 Å². The number of rotatable bonds is 8. The Hall–Kier alpha value is -5.77. The second kappa shape index (κ2) is 13.1. The maximum Gasteiger partial charge on any atom is 0.416 e. The van der Waals surface area contributed by atoms with Gasteiger partial charge in [0.05, 0.1) is 22.3 Å². The molecule has 0 aliphatic carbocycles. The van der Waals surface area contributed by atoms with E-state index >= 15 is 0 Å². The SMILES string of the molecule is O=C(OC[C@H]1O[C@@H](n2c(=O)[nH]c(=O)[nH]c2=O)[C@H](OC(=O)c2cccc(C(F)(F)F)c2)[C@@H]1OC(=O)c1ccccc1)c1ccccc1. The van der Waals surface area contributed by atoms with E-state index < -0.39 is 83.4 Å². The maximum absolute atomic E-state index is 13.4. The normalized spacial score (nSPS) is 19.3. The highest BCUT2D eigenvalue weighted by atomic mass is 19.4. The molecule has 1 aliphatic heterocycles. The minimum absolute atomic E-state index is 0.0213. The number of nitrogens with one attached hydrogen (secondary N) is 2. The molecule has 0 spiro atoms. The molecule has 0 saturated carbocycles. The summed E-state index contributed by atoms with van der Waals surface area (Å²) in [6, 6.07) is 18.3. The Morgan fingerprint density at radius 1 is 0.717 bits per heavy atom. The van der Waals surface area contributed by atoms with Gasteiger partial charge in [0, 0.05) is 0 Å². The summed E-state index contributed by atoms with van der Waals surface area (Å²) >= 11 is 0. The summed E-state index contributed by atoms with van der Waals surface area (Å²) in [4.78, 5) is 79.9. The number of nitrogens with zero attached hydrogens (tertiary/aromatic N) is 1. The van der Waals surface area contributed by atoms with E-state index in [1.807, 2.05) is 9.97 Å². The lowest BCUT2D eigenvalue weighted by atomic mass is 10.1. The number of esters is 3. The molecule has 0 amide bonds. The summed E-state index contributed by atoms with van der Waals surface area (Å²) in [7, 11) is 0. The van der Waals surface area contributed by atoms with Crippen molar-refractivity contribution in [3.05, 3.63) is 139 Å². The van der Waals surface area contributed by atoms with Crippen LogP contribution in [0.4, 0.5) is 13.2 Å². The Kier molecular flexibility index (Phi) is 8.99. The van der Waals surface area contributed by atoms with E-state index in [0.717, 1.165) is 18.2 Å². The number of H-pyrrole nitrogens is 2. The van der Waals surface area contributed by atoms with Gasteiger partial charge in [0.25, 0.3) is 0 Å². The third kappa shape index (κ3) is 6.96. The van der Waals surface area contributed by atoms with Gasteiger partial charge in [0.1, 0.15) is 12.7 Å². The zero-order chi connectivity index (χ0) is 33.0. The van der Waals surface area contributed by atoms with Gasteiger partial charge in [-0.05, 0) is 42.5 Å². The third-order valence-electron chi connectivity index (χ3n) is 6.73. The molecule has 1 saturated heterocycles. The predicted molar refractivity (Wildman–Crippen MR) is 149 cm³/mol. The molecule has 0 radical (unpaired) electrons. The first-order valence-electron chi connectivity index (χ1n) is 13.4. The van der Waals surface area contributed by atoms with E-state index in [1.165, 1.54) is 36.4 Å². The van der Waals surface area contributed by atoms with Crippen molar-refractivity contribution in [3.63, 3.8) is 0 Å². The number of aromatic amines is 2. The molecule has 0 bridgehead atoms. The van der Waals surface area contributed by atoms with Crippen molar-refractivity contribution in [3.8, 4) is 0 Å². The largest absolute Gasteiger partial charge is 0.459 e. The van der Waals surface area contributed by atoms with E-state index in [9.17, 15) is 41.9 Å². The lowest BCUT2D eigenvalue weighted by molar-refractivity contribution is -0.137. The average Bonchev–Trinajstić information content (AvgIpc) is 3.35. The van der Waals surface area contributed by atoms with Crippen molar-refractivity contribution in [2.75, 3.05) is 6.61 Å². The highest BCUT2D eigenvalue weighted by Crippen LogP contribution is 2.35. The number of carbonyl (C=O) groups excluding carboxylic acids is 3. The van der Waals surface area contributed by atoms with Crippen LogP contribution in [0.3, 0.4) is 0 Å². The van der Waals surface area contributed by atoms with Crippen molar-refractivity contribution < 1.29 is 46.5 Å². The molecule has 3 aromatic carbocycles. The second-order valence-electron chi connectivity index (χ2n) is 9.77. The fraction of sp³-hybridized carbons (Fsp3) is 0.200. The van der Waals surface area contributed by atoms with Gasteiger partial charge >= 0.3 is 41.2 Å². The van der Waals surface area contributed by atoms with Crippen LogP contribution in [0.1, 0.15) is 42.9 Å². The minimum atomic E-state index is -4.81. The Morgan fingerprint density at radius 3 is 1.83 bits per heavy atom. The van der Waals surface area contributed by atoms with Crippen LogP contribution in [-0.4, -0.2) is 57.4 Å². The Labute approximate surface area is 255 Å². The van der Waals surface area contributed by atoms with Crippen molar-refractivity contribution >= 4 is 17.9 Å². The van der Waals surface area contributed by atoms with Crippen LogP contribution >= 0.6 is 0 Å². The summed E-state index contributed by atoms with van der Waals surface area (Å²) in [6.07, 6.45) is -11.9. The molecule has 1 aromatic heterocycles. The second-order valence-corrected chi connectivity index (χ2v) is 9.77. The zero-order valence-corrected chi connectivity index (χ0v) is 23.3. The Balaban J connectivity index is 1.55. The molecule has 2 heterocycles. The van der Waals surface area contributed by atoms with E-state index in [1.54, 1.807) is 24.3 Å². The first kappa shape index (κ1) is 31.6. The van der Waals surface area contributed by atoms with E-state index in [-0.39, 0.29) is 11.1 Å². The maximum atomic E-state index is 13.4. The van der Waals surface area contributed by atoms with Crippen LogP contribution in [0.15, 0.2) is 99.3 Å². The lowest BCUT2D eigenvalue weighted by Crippen LogP contribution is -2.49. The zero-order valence-electron chi connectivity index (χ0n) is 23.3. The summed E-state index contributed by atoms with van der Waals surface area (Å²) in [6.45, 7) is -0.676. The fourth-order valence-corrected chi connectivity index (χ4v) is 4.58. The molecular weight excluding hydrogens is 619 g/mol. The van der Waals surface area contributed by atoms with Crippen molar-refractivity contribution in [1.29, 1.82) is 0 Å². The molecule has 46 heavy (non-hydrogen) atoms. The topological polar surface area (TPSA) is 176 Å². The molecule has 5 rings (SSSR count). The molecule has 2 N–H and O–H groups in total. The number of hydrogen-bond donors (Lipinski definition) is 2. The van der Waals surface area contributed by atoms with Crippen LogP contribution in [0, 0.1) is 0 Å². The Morgan fingerprint density at radius 2 is 1.24 bits per heavy atom. The number of halogens is 3. The highest BCUT2D eigenvalue weighted by Gasteiger charge is 2.52. The molecule has 1 fully saturated rings. The van der Waals surface area contributed by atoms with Crippen LogP contribution in [0.2, 0.25) is 0 Å². The molecule has 4 aromatic rings. The molecule has 238 valence electrons. The Bertz CT molecular complexity index is 1890. The van der Waals surface area contributed by atoms with Crippen LogP contribution < -0.4 is 17.1 Å². The molecule has 16 heteroatoms. The first-order chi connectivity index (χ1) is 21.9. The quantitative estimate of drug-likeness (QED) is 0.215. The van der Waals surface area contributed by atoms with Gasteiger partial charge in [-0.3, -0.25) is 9.97 Å². The lowest BCUT2D eigenvalue weighted by Gasteiger charge is -2.24. The third-order valence-corrected chi connectivity index (χ3v) is 6.73. The van der Waals surface area contributed by atoms with Gasteiger partial charge in [-0.2, -0.15) is 13.2 Å². The van der Waals surface area contributed by atoms with Gasteiger partial charge in [0.15, 0.2) is 18.4 Å². The number of hydrogen-bond acceptors (Lipinski definition) is 10. The van der Waals surface area contributed by atoms with Crippen molar-refractivity contribution in [1.82, 2.24) is 14.5 Å². The summed E-state index contributed by atoms with van der Waals surface area (Å²) in [5.74, 6) is -3.20. The molecule has 13 nitrogen and oxygen atoms in total. The summed E-state index contributed by atoms with van der Waals surface area (Å²) in [5.41, 5.74) is -5.43. The summed E-state index contributed by atoms with van der Waals surface area (Å²) < 4.78 is 62.6. The van der Waals surface area contributed by atoms with Crippen LogP contribution in [-0.2, 0) is 25.1 Å². The smallest absolute Gasteiger partial charge is 0.416 e. The van der Waals surface area contributed by atoms with E-state index in [4.69, 9.17) is 18.9 Å².